The van der Waals surface area contributed by atoms with E-state index in [0.717, 1.165) is 37.5 Å². The van der Waals surface area contributed by atoms with E-state index in [1.54, 1.807) is 0 Å². The second-order valence-corrected chi connectivity index (χ2v) is 6.67. The van der Waals surface area contributed by atoms with Gasteiger partial charge in [-0.1, -0.05) is 13.8 Å². The smallest absolute Gasteiger partial charge is 0.308 e. The zero-order chi connectivity index (χ0) is 13.8. The van der Waals surface area contributed by atoms with Crippen molar-refractivity contribution in [1.29, 1.82) is 0 Å². The molecule has 0 spiro atoms. The third kappa shape index (κ3) is 4.20. The average Bonchev–Trinajstić information content (AvgIpc) is 2.37. The monoisotopic (exact) mass is 268 g/mol. The number of hydrogen-bond donors (Lipinski definition) is 0. The quantitative estimate of drug-likeness (QED) is 0.734. The summed E-state index contributed by atoms with van der Waals surface area (Å²) in [5, 5.41) is 0. The number of ether oxygens (including phenoxy) is 2. The molecule has 0 aliphatic heterocycles. The Kier molecular flexibility index (Phi) is 5.26. The third-order valence-electron chi connectivity index (χ3n) is 4.73. The van der Waals surface area contributed by atoms with E-state index in [1.807, 2.05) is 0 Å². The Morgan fingerprint density at radius 2 is 1.47 bits per heavy atom. The van der Waals surface area contributed by atoms with E-state index in [-0.39, 0.29) is 11.9 Å². The molecule has 19 heavy (non-hydrogen) atoms. The molecule has 0 heterocycles. The molecular weight excluding hydrogens is 240 g/mol. The molecule has 2 atom stereocenters. The summed E-state index contributed by atoms with van der Waals surface area (Å²) >= 11 is 0. The lowest BCUT2D eigenvalue weighted by Gasteiger charge is -2.36. The Morgan fingerprint density at radius 3 is 2.00 bits per heavy atom. The number of carbonyl (C=O) groups excluding carboxylic acids is 1. The molecule has 0 aromatic carbocycles. The fourth-order valence-electron chi connectivity index (χ4n) is 3.86. The molecule has 2 aliphatic rings. The van der Waals surface area contributed by atoms with Crippen LogP contribution in [-0.4, -0.2) is 25.3 Å². The van der Waals surface area contributed by atoms with Gasteiger partial charge in [-0.25, -0.2) is 0 Å². The summed E-state index contributed by atoms with van der Waals surface area (Å²) in [5.41, 5.74) is 0. The van der Waals surface area contributed by atoms with Gasteiger partial charge in [-0.05, 0) is 56.8 Å². The van der Waals surface area contributed by atoms with Crippen LogP contribution in [0.3, 0.4) is 0 Å². The van der Waals surface area contributed by atoms with Crippen LogP contribution in [0, 0.1) is 17.8 Å². The predicted octanol–water partition coefficient (Wildman–Crippen LogP) is 3.56. The van der Waals surface area contributed by atoms with E-state index >= 15 is 0 Å². The molecule has 0 aromatic heterocycles. The van der Waals surface area contributed by atoms with Crippen molar-refractivity contribution >= 4 is 5.97 Å². The molecule has 0 N–H and O–H groups in total. The third-order valence-corrected chi connectivity index (χ3v) is 4.73. The Bertz CT molecular complexity index is 284. The van der Waals surface area contributed by atoms with E-state index in [9.17, 15) is 4.79 Å². The number of rotatable bonds is 3. The maximum Gasteiger partial charge on any atom is 0.308 e. The summed E-state index contributed by atoms with van der Waals surface area (Å²) in [6, 6.07) is 0. The first kappa shape index (κ1) is 14.8. The lowest BCUT2D eigenvalue weighted by atomic mass is 9.81. The summed E-state index contributed by atoms with van der Waals surface area (Å²) in [7, 11) is 1.48. The fourth-order valence-corrected chi connectivity index (χ4v) is 3.86. The second kappa shape index (κ2) is 6.74. The lowest BCUT2D eigenvalue weighted by molar-refractivity contribution is -0.148. The van der Waals surface area contributed by atoms with Gasteiger partial charge in [-0.2, -0.15) is 0 Å². The molecule has 2 unspecified atom stereocenters. The average molecular weight is 268 g/mol. The van der Waals surface area contributed by atoms with Crippen molar-refractivity contribution in [1.82, 2.24) is 0 Å². The molecule has 2 fully saturated rings. The van der Waals surface area contributed by atoms with Crippen molar-refractivity contribution in [2.24, 2.45) is 17.8 Å². The summed E-state index contributed by atoms with van der Waals surface area (Å²) in [6.07, 6.45) is 8.45. The van der Waals surface area contributed by atoms with Crippen LogP contribution in [0.2, 0.25) is 0 Å². The number of carbonyl (C=O) groups is 1. The molecule has 0 aromatic rings. The van der Waals surface area contributed by atoms with Gasteiger partial charge in [0.2, 0.25) is 0 Å². The minimum absolute atomic E-state index is 0.0432. The van der Waals surface area contributed by atoms with Crippen LogP contribution in [0.1, 0.15) is 58.8 Å². The largest absolute Gasteiger partial charge is 0.469 e. The number of hydrogen-bond acceptors (Lipinski definition) is 3. The minimum atomic E-state index is -0.0432. The van der Waals surface area contributed by atoms with E-state index in [1.165, 1.54) is 26.4 Å². The van der Waals surface area contributed by atoms with Gasteiger partial charge in [0.05, 0.1) is 25.2 Å². The standard InChI is InChI=1S/C16H28O3/c1-11-8-12(2)10-15(9-11)19-14-6-4-13(5-7-14)16(17)18-3/h11-15H,4-10H2,1-3H3. The maximum absolute atomic E-state index is 11.5. The first-order chi connectivity index (χ1) is 9.08. The molecule has 0 saturated heterocycles. The van der Waals surface area contributed by atoms with Gasteiger partial charge in [0.1, 0.15) is 0 Å². The van der Waals surface area contributed by atoms with Crippen LogP contribution in [0.15, 0.2) is 0 Å². The van der Waals surface area contributed by atoms with Crippen LogP contribution in [-0.2, 0) is 14.3 Å². The van der Waals surface area contributed by atoms with Crippen molar-refractivity contribution in [2.75, 3.05) is 7.11 Å². The van der Waals surface area contributed by atoms with Gasteiger partial charge in [-0.3, -0.25) is 4.79 Å². The van der Waals surface area contributed by atoms with Gasteiger partial charge in [0.15, 0.2) is 0 Å². The summed E-state index contributed by atoms with van der Waals surface area (Å²) in [6.45, 7) is 4.67. The second-order valence-electron chi connectivity index (χ2n) is 6.67. The molecule has 110 valence electrons. The van der Waals surface area contributed by atoms with Crippen molar-refractivity contribution < 1.29 is 14.3 Å². The van der Waals surface area contributed by atoms with Crippen molar-refractivity contribution in [3.63, 3.8) is 0 Å². The van der Waals surface area contributed by atoms with Crippen LogP contribution in [0.5, 0.6) is 0 Å². The van der Waals surface area contributed by atoms with Crippen LogP contribution < -0.4 is 0 Å². The van der Waals surface area contributed by atoms with Crippen LogP contribution in [0.4, 0.5) is 0 Å². The van der Waals surface area contributed by atoms with Crippen molar-refractivity contribution in [2.45, 2.75) is 71.0 Å². The van der Waals surface area contributed by atoms with Gasteiger partial charge in [0.25, 0.3) is 0 Å². The molecule has 2 saturated carbocycles. The van der Waals surface area contributed by atoms with E-state index in [2.05, 4.69) is 13.8 Å². The molecule has 2 rings (SSSR count). The van der Waals surface area contributed by atoms with Gasteiger partial charge < -0.3 is 9.47 Å². The molecule has 3 heteroatoms. The molecule has 0 bridgehead atoms. The highest BCUT2D eigenvalue weighted by Gasteiger charge is 2.31. The fraction of sp³-hybridized carbons (Fsp3) is 0.938. The highest BCUT2D eigenvalue weighted by atomic mass is 16.5. The van der Waals surface area contributed by atoms with Crippen LogP contribution >= 0.6 is 0 Å². The molecule has 0 radical (unpaired) electrons. The molecule has 3 nitrogen and oxygen atoms in total. The van der Waals surface area contributed by atoms with E-state index < -0.39 is 0 Å². The van der Waals surface area contributed by atoms with E-state index in [4.69, 9.17) is 9.47 Å². The van der Waals surface area contributed by atoms with Gasteiger partial charge >= 0.3 is 5.97 Å². The molecular formula is C16H28O3. The van der Waals surface area contributed by atoms with Crippen LogP contribution in [0.25, 0.3) is 0 Å². The first-order valence-electron chi connectivity index (χ1n) is 7.81. The predicted molar refractivity (Wildman–Crippen MR) is 74.8 cm³/mol. The Balaban J connectivity index is 1.74. The highest BCUT2D eigenvalue weighted by Crippen LogP contribution is 2.34. The molecule has 2 aliphatic carbocycles. The highest BCUT2D eigenvalue weighted by molar-refractivity contribution is 5.72. The zero-order valence-electron chi connectivity index (χ0n) is 12.6. The Hall–Kier alpha value is -0.570. The molecule has 0 amide bonds. The maximum atomic E-state index is 11.5. The number of esters is 1. The van der Waals surface area contributed by atoms with Crippen molar-refractivity contribution in [3.8, 4) is 0 Å². The number of methoxy groups -OCH3 is 1. The summed E-state index contributed by atoms with van der Waals surface area (Å²) in [5.74, 6) is 1.65. The minimum Gasteiger partial charge on any atom is -0.469 e. The van der Waals surface area contributed by atoms with E-state index in [0.29, 0.717) is 12.2 Å². The Labute approximate surface area is 117 Å². The topological polar surface area (TPSA) is 35.5 Å². The lowest BCUT2D eigenvalue weighted by Crippen LogP contribution is -2.33. The summed E-state index contributed by atoms with van der Waals surface area (Å²) in [4.78, 5) is 11.5. The Morgan fingerprint density at radius 1 is 0.895 bits per heavy atom. The van der Waals surface area contributed by atoms with Gasteiger partial charge in [0, 0.05) is 0 Å². The normalized spacial score (nSPS) is 39.8. The van der Waals surface area contributed by atoms with Crippen molar-refractivity contribution in [3.05, 3.63) is 0 Å². The summed E-state index contributed by atoms with van der Waals surface area (Å²) < 4.78 is 11.1. The zero-order valence-corrected chi connectivity index (χ0v) is 12.6. The van der Waals surface area contributed by atoms with Gasteiger partial charge in [-0.15, -0.1) is 0 Å². The first-order valence-corrected chi connectivity index (χ1v) is 7.81. The SMILES string of the molecule is COC(=O)C1CCC(OC2CC(C)CC(C)C2)CC1.